The molecular formula is C24H28N4O2S. The lowest BCUT2D eigenvalue weighted by Gasteiger charge is -2.26. The Bertz CT molecular complexity index is 1140. The van der Waals surface area contributed by atoms with E-state index in [-0.39, 0.29) is 23.1 Å². The fourth-order valence-corrected chi connectivity index (χ4v) is 4.81. The molecule has 7 heteroatoms. The highest BCUT2D eigenvalue weighted by molar-refractivity contribution is 7.99. The van der Waals surface area contributed by atoms with Gasteiger partial charge in [0.25, 0.3) is 11.5 Å². The Balaban J connectivity index is 1.60. The van der Waals surface area contributed by atoms with E-state index in [4.69, 9.17) is 0 Å². The van der Waals surface area contributed by atoms with Gasteiger partial charge in [0.05, 0.1) is 5.39 Å². The summed E-state index contributed by atoms with van der Waals surface area (Å²) in [4.78, 5) is 28.4. The van der Waals surface area contributed by atoms with E-state index in [1.54, 1.807) is 12.1 Å². The van der Waals surface area contributed by atoms with E-state index in [1.165, 1.54) is 21.8 Å². The van der Waals surface area contributed by atoms with E-state index in [0.29, 0.717) is 17.3 Å². The number of carbonyl (C=O) groups is 1. The van der Waals surface area contributed by atoms with Crippen molar-refractivity contribution < 1.29 is 4.79 Å². The number of nitrogens with zero attached hydrogens (tertiary/aromatic N) is 3. The first-order chi connectivity index (χ1) is 15.0. The molecule has 4 rings (SSSR count). The number of nitrogens with one attached hydrogen (secondary N) is 1. The molecule has 2 heterocycles. The van der Waals surface area contributed by atoms with Crippen molar-refractivity contribution in [1.82, 2.24) is 14.7 Å². The van der Waals surface area contributed by atoms with Gasteiger partial charge in [-0.15, -0.1) is 0 Å². The topological polar surface area (TPSA) is 67.2 Å². The molecule has 2 aromatic carbocycles. The zero-order valence-corrected chi connectivity index (χ0v) is 18.8. The number of hydrogen-bond donors (Lipinski definition) is 1. The molecule has 1 fully saturated rings. The number of aromatic nitrogens is 2. The minimum absolute atomic E-state index is 0.164. The quantitative estimate of drug-likeness (QED) is 0.636. The summed E-state index contributed by atoms with van der Waals surface area (Å²) in [6.45, 7) is 7.58. The molecule has 0 atom stereocenters. The highest BCUT2D eigenvalue weighted by Crippen LogP contribution is 2.19. The van der Waals surface area contributed by atoms with Gasteiger partial charge in [0, 0.05) is 48.8 Å². The molecule has 1 aromatic heterocycles. The van der Waals surface area contributed by atoms with Gasteiger partial charge >= 0.3 is 0 Å². The van der Waals surface area contributed by atoms with E-state index >= 15 is 0 Å². The maximum Gasteiger partial charge on any atom is 0.276 e. The number of hydrogen-bond acceptors (Lipinski definition) is 5. The van der Waals surface area contributed by atoms with E-state index in [2.05, 4.69) is 21.4 Å². The molecule has 0 aliphatic carbocycles. The highest BCUT2D eigenvalue weighted by atomic mass is 32.2. The molecule has 1 aliphatic heterocycles. The third-order valence-corrected chi connectivity index (χ3v) is 6.26. The van der Waals surface area contributed by atoms with Crippen LogP contribution in [0, 0.1) is 5.92 Å². The number of amides is 1. The van der Waals surface area contributed by atoms with Gasteiger partial charge in [-0.25, -0.2) is 4.68 Å². The summed E-state index contributed by atoms with van der Waals surface area (Å²) in [6, 6.07) is 15.1. The zero-order valence-electron chi connectivity index (χ0n) is 18.0. The van der Waals surface area contributed by atoms with Crippen LogP contribution in [0.3, 0.4) is 0 Å². The molecule has 162 valence electrons. The average molecular weight is 437 g/mol. The summed E-state index contributed by atoms with van der Waals surface area (Å²) in [5, 5.41) is 8.51. The number of benzene rings is 2. The molecule has 6 nitrogen and oxygen atoms in total. The molecule has 1 aliphatic rings. The maximum atomic E-state index is 13.2. The molecule has 0 spiro atoms. The monoisotopic (exact) mass is 436 g/mol. The van der Waals surface area contributed by atoms with Crippen LogP contribution in [0.1, 0.15) is 29.9 Å². The molecule has 0 radical (unpaired) electrons. The van der Waals surface area contributed by atoms with Gasteiger partial charge in [0.1, 0.15) is 0 Å². The smallest absolute Gasteiger partial charge is 0.276 e. The lowest BCUT2D eigenvalue weighted by molar-refractivity contribution is 0.102. The Morgan fingerprint density at radius 1 is 1.10 bits per heavy atom. The van der Waals surface area contributed by atoms with Crippen molar-refractivity contribution in [3.8, 4) is 0 Å². The van der Waals surface area contributed by atoms with Gasteiger partial charge in [0.15, 0.2) is 5.69 Å². The van der Waals surface area contributed by atoms with Gasteiger partial charge in [0.2, 0.25) is 0 Å². The third-order valence-electron chi connectivity index (χ3n) is 5.32. The Hall–Kier alpha value is -2.64. The standard InChI is InChI=1S/C24H28N4O2S/c1-17(2)15-28-24(30)21-9-4-3-8-20(21)22(26-28)23(29)25-19-7-5-6-18(14-19)16-27-10-12-31-13-11-27/h3-9,14,17H,10-13,15-16H2,1-2H3,(H,25,29). The van der Waals surface area contributed by atoms with Crippen LogP contribution in [-0.2, 0) is 13.1 Å². The molecule has 0 unspecified atom stereocenters. The van der Waals surface area contributed by atoms with Gasteiger partial charge in [-0.3, -0.25) is 14.5 Å². The first kappa shape index (κ1) is 21.6. The summed E-state index contributed by atoms with van der Waals surface area (Å²) in [5.74, 6) is 2.27. The van der Waals surface area contributed by atoms with Crippen LogP contribution in [-0.4, -0.2) is 45.2 Å². The van der Waals surface area contributed by atoms with Crippen LogP contribution in [0.5, 0.6) is 0 Å². The van der Waals surface area contributed by atoms with Crippen molar-refractivity contribution in [3.05, 3.63) is 70.1 Å². The SMILES string of the molecule is CC(C)Cn1nc(C(=O)Nc2cccc(CN3CCSCC3)c2)c2ccccc2c1=O. The van der Waals surface area contributed by atoms with Crippen molar-refractivity contribution >= 4 is 34.1 Å². The number of thioether (sulfide) groups is 1. The summed E-state index contributed by atoms with van der Waals surface area (Å²) in [5.41, 5.74) is 2.02. The van der Waals surface area contributed by atoms with Crippen LogP contribution >= 0.6 is 11.8 Å². The molecule has 0 bridgehead atoms. The summed E-state index contributed by atoms with van der Waals surface area (Å²) in [7, 11) is 0. The van der Waals surface area contributed by atoms with E-state index in [9.17, 15) is 9.59 Å². The third kappa shape index (κ3) is 5.17. The summed E-state index contributed by atoms with van der Waals surface area (Å²) >= 11 is 2.00. The van der Waals surface area contributed by atoms with E-state index < -0.39 is 0 Å². The van der Waals surface area contributed by atoms with Crippen LogP contribution in [0.4, 0.5) is 5.69 Å². The van der Waals surface area contributed by atoms with Crippen LogP contribution < -0.4 is 10.9 Å². The van der Waals surface area contributed by atoms with Crippen LogP contribution in [0.25, 0.3) is 10.8 Å². The second kappa shape index (κ2) is 9.66. The molecule has 31 heavy (non-hydrogen) atoms. The first-order valence-corrected chi connectivity index (χ1v) is 11.9. The average Bonchev–Trinajstić information content (AvgIpc) is 2.76. The summed E-state index contributed by atoms with van der Waals surface area (Å²) < 4.78 is 1.41. The van der Waals surface area contributed by atoms with Crippen molar-refractivity contribution in [2.45, 2.75) is 26.9 Å². The Kier molecular flexibility index (Phi) is 6.73. The Morgan fingerprint density at radius 3 is 2.58 bits per heavy atom. The van der Waals surface area contributed by atoms with Crippen molar-refractivity contribution in [3.63, 3.8) is 0 Å². The molecule has 1 saturated heterocycles. The summed E-state index contributed by atoms with van der Waals surface area (Å²) in [6.07, 6.45) is 0. The fraction of sp³-hybridized carbons (Fsp3) is 0.375. The van der Waals surface area contributed by atoms with Crippen molar-refractivity contribution in [1.29, 1.82) is 0 Å². The van der Waals surface area contributed by atoms with Gasteiger partial charge in [-0.2, -0.15) is 16.9 Å². The van der Waals surface area contributed by atoms with E-state index in [1.807, 2.05) is 55.9 Å². The Morgan fingerprint density at radius 2 is 1.84 bits per heavy atom. The predicted octanol–water partition coefficient (Wildman–Crippen LogP) is 3.85. The molecular weight excluding hydrogens is 408 g/mol. The predicted molar refractivity (Wildman–Crippen MR) is 128 cm³/mol. The molecule has 1 N–H and O–H groups in total. The number of fused-ring (bicyclic) bond motifs is 1. The molecule has 1 amide bonds. The van der Waals surface area contributed by atoms with Gasteiger partial charge < -0.3 is 5.32 Å². The van der Waals surface area contributed by atoms with Crippen molar-refractivity contribution in [2.24, 2.45) is 5.92 Å². The van der Waals surface area contributed by atoms with Crippen LogP contribution in [0.15, 0.2) is 53.3 Å². The van der Waals surface area contributed by atoms with Gasteiger partial charge in [-0.05, 0) is 29.7 Å². The number of anilines is 1. The minimum atomic E-state index is -0.305. The van der Waals surface area contributed by atoms with E-state index in [0.717, 1.165) is 25.3 Å². The minimum Gasteiger partial charge on any atom is -0.321 e. The second-order valence-electron chi connectivity index (χ2n) is 8.32. The largest absolute Gasteiger partial charge is 0.321 e. The van der Waals surface area contributed by atoms with Gasteiger partial charge in [-0.1, -0.05) is 44.2 Å². The zero-order chi connectivity index (χ0) is 21.8. The van der Waals surface area contributed by atoms with Crippen LogP contribution in [0.2, 0.25) is 0 Å². The molecule has 0 saturated carbocycles. The Labute approximate surface area is 186 Å². The van der Waals surface area contributed by atoms with Crippen molar-refractivity contribution in [2.75, 3.05) is 29.9 Å². The molecule has 3 aromatic rings. The first-order valence-electron chi connectivity index (χ1n) is 10.7. The fourth-order valence-electron chi connectivity index (χ4n) is 3.83. The lowest BCUT2D eigenvalue weighted by atomic mass is 10.1. The lowest BCUT2D eigenvalue weighted by Crippen LogP contribution is -2.32. The number of rotatable bonds is 6. The normalized spacial score (nSPS) is 14.8. The second-order valence-corrected chi connectivity index (χ2v) is 9.54. The highest BCUT2D eigenvalue weighted by Gasteiger charge is 2.18. The maximum absolute atomic E-state index is 13.2. The number of carbonyl (C=O) groups excluding carboxylic acids is 1.